The van der Waals surface area contributed by atoms with Crippen LogP contribution in [0.1, 0.15) is 25.6 Å². The Morgan fingerprint density at radius 1 is 1.13 bits per heavy atom. The van der Waals surface area contributed by atoms with E-state index >= 15 is 0 Å². The van der Waals surface area contributed by atoms with Gasteiger partial charge in [-0.1, -0.05) is 30.3 Å². The van der Waals surface area contributed by atoms with Crippen molar-refractivity contribution < 1.29 is 0 Å². The van der Waals surface area contributed by atoms with Gasteiger partial charge in [0.2, 0.25) is 0 Å². The van der Waals surface area contributed by atoms with E-state index in [4.69, 9.17) is 0 Å². The fourth-order valence-electron chi connectivity index (χ4n) is 1.80. The summed E-state index contributed by atoms with van der Waals surface area (Å²) < 4.78 is 2.21. The van der Waals surface area contributed by atoms with E-state index in [0.29, 0.717) is 6.04 Å². The molecule has 0 atom stereocenters. The zero-order valence-corrected chi connectivity index (χ0v) is 9.44. The van der Waals surface area contributed by atoms with Crippen molar-refractivity contribution in [1.82, 2.24) is 9.55 Å². The predicted molar refractivity (Wildman–Crippen MR) is 62.8 cm³/mol. The fraction of sp³-hybridized carbons (Fsp3) is 0.308. The maximum Gasteiger partial charge on any atom is 0.0956 e. The summed E-state index contributed by atoms with van der Waals surface area (Å²) >= 11 is 0. The Morgan fingerprint density at radius 2 is 1.80 bits per heavy atom. The van der Waals surface area contributed by atoms with E-state index < -0.39 is 0 Å². The van der Waals surface area contributed by atoms with Gasteiger partial charge in [0.05, 0.1) is 17.7 Å². The zero-order chi connectivity index (χ0) is 10.8. The molecular weight excluding hydrogens is 184 g/mol. The quantitative estimate of drug-likeness (QED) is 0.726. The van der Waals surface area contributed by atoms with E-state index in [1.165, 1.54) is 11.3 Å². The maximum atomic E-state index is 4.38. The number of imidazole rings is 1. The Kier molecular flexibility index (Phi) is 2.58. The van der Waals surface area contributed by atoms with Gasteiger partial charge in [-0.05, 0) is 20.8 Å². The highest BCUT2D eigenvalue weighted by atomic mass is 15.1. The maximum absolute atomic E-state index is 4.38. The second-order valence-corrected chi connectivity index (χ2v) is 4.05. The number of hydrogen-bond donors (Lipinski definition) is 0. The standard InChI is InChI=1S/C13H16N2/c1-10(2)15-9-14-11(3)13(15)12-7-5-4-6-8-12/h4-10H,1-3H3. The average Bonchev–Trinajstić information content (AvgIpc) is 2.61. The third-order valence-corrected chi connectivity index (χ3v) is 2.58. The lowest BCUT2D eigenvalue weighted by Gasteiger charge is -2.12. The third kappa shape index (κ3) is 1.80. The number of aromatic nitrogens is 2. The molecule has 0 aliphatic rings. The normalized spacial score (nSPS) is 10.9. The van der Waals surface area contributed by atoms with Crippen molar-refractivity contribution >= 4 is 0 Å². The zero-order valence-electron chi connectivity index (χ0n) is 9.44. The molecule has 2 rings (SSSR count). The lowest BCUT2D eigenvalue weighted by molar-refractivity contribution is 0.605. The monoisotopic (exact) mass is 200 g/mol. The summed E-state index contributed by atoms with van der Waals surface area (Å²) in [5, 5.41) is 0. The Balaban J connectivity index is 2.57. The van der Waals surface area contributed by atoms with Crippen LogP contribution in [0, 0.1) is 6.92 Å². The molecule has 1 heterocycles. The molecule has 0 aliphatic carbocycles. The van der Waals surface area contributed by atoms with Crippen molar-refractivity contribution in [2.24, 2.45) is 0 Å². The van der Waals surface area contributed by atoms with Crippen molar-refractivity contribution in [3.8, 4) is 11.3 Å². The molecule has 2 aromatic rings. The van der Waals surface area contributed by atoms with Crippen molar-refractivity contribution in [3.63, 3.8) is 0 Å². The molecule has 78 valence electrons. The second-order valence-electron chi connectivity index (χ2n) is 4.05. The van der Waals surface area contributed by atoms with E-state index in [9.17, 15) is 0 Å². The van der Waals surface area contributed by atoms with Gasteiger partial charge in [-0.15, -0.1) is 0 Å². The first kappa shape index (κ1) is 9.97. The Hall–Kier alpha value is -1.57. The Bertz CT molecular complexity index is 441. The first-order valence-electron chi connectivity index (χ1n) is 5.29. The van der Waals surface area contributed by atoms with Crippen LogP contribution in [0.15, 0.2) is 36.7 Å². The highest BCUT2D eigenvalue weighted by molar-refractivity contribution is 5.62. The molecule has 0 aliphatic heterocycles. The van der Waals surface area contributed by atoms with Crippen LogP contribution in [-0.4, -0.2) is 9.55 Å². The minimum Gasteiger partial charge on any atom is -0.328 e. The SMILES string of the molecule is Cc1ncn(C(C)C)c1-c1ccccc1. The van der Waals surface area contributed by atoms with Crippen molar-refractivity contribution in [2.75, 3.05) is 0 Å². The fourth-order valence-corrected chi connectivity index (χ4v) is 1.80. The minimum absolute atomic E-state index is 0.446. The molecule has 0 saturated carbocycles. The molecule has 0 spiro atoms. The summed E-state index contributed by atoms with van der Waals surface area (Å²) in [7, 11) is 0. The third-order valence-electron chi connectivity index (χ3n) is 2.58. The van der Waals surface area contributed by atoms with E-state index in [2.05, 4.69) is 54.6 Å². The minimum atomic E-state index is 0.446. The van der Waals surface area contributed by atoms with Crippen LogP contribution in [0.3, 0.4) is 0 Å². The number of benzene rings is 1. The van der Waals surface area contributed by atoms with Gasteiger partial charge in [0.15, 0.2) is 0 Å². The van der Waals surface area contributed by atoms with Crippen molar-refractivity contribution in [3.05, 3.63) is 42.4 Å². The van der Waals surface area contributed by atoms with Crippen LogP contribution < -0.4 is 0 Å². The van der Waals surface area contributed by atoms with Crippen LogP contribution >= 0.6 is 0 Å². The largest absolute Gasteiger partial charge is 0.328 e. The first-order valence-corrected chi connectivity index (χ1v) is 5.29. The van der Waals surface area contributed by atoms with Crippen molar-refractivity contribution in [1.29, 1.82) is 0 Å². The summed E-state index contributed by atoms with van der Waals surface area (Å²) in [5.41, 5.74) is 3.56. The van der Waals surface area contributed by atoms with E-state index in [1.54, 1.807) is 0 Å². The molecule has 0 unspecified atom stereocenters. The van der Waals surface area contributed by atoms with Gasteiger partial charge in [0.1, 0.15) is 0 Å². The van der Waals surface area contributed by atoms with Crippen LogP contribution in [0.25, 0.3) is 11.3 Å². The highest BCUT2D eigenvalue weighted by Crippen LogP contribution is 2.25. The van der Waals surface area contributed by atoms with E-state index in [0.717, 1.165) is 5.69 Å². The summed E-state index contributed by atoms with van der Waals surface area (Å²) in [6.45, 7) is 6.41. The van der Waals surface area contributed by atoms with Gasteiger partial charge < -0.3 is 4.57 Å². The summed E-state index contributed by atoms with van der Waals surface area (Å²) in [5.74, 6) is 0. The number of hydrogen-bond acceptors (Lipinski definition) is 1. The van der Waals surface area contributed by atoms with Gasteiger partial charge in [0, 0.05) is 11.6 Å². The van der Waals surface area contributed by atoms with E-state index in [1.807, 2.05) is 12.4 Å². The van der Waals surface area contributed by atoms with Gasteiger partial charge in [-0.25, -0.2) is 4.98 Å². The molecule has 0 saturated heterocycles. The molecule has 0 fully saturated rings. The molecule has 15 heavy (non-hydrogen) atoms. The predicted octanol–water partition coefficient (Wildman–Crippen LogP) is 3.44. The van der Waals surface area contributed by atoms with Gasteiger partial charge >= 0.3 is 0 Å². The molecule has 0 radical (unpaired) electrons. The average molecular weight is 200 g/mol. The Labute approximate surface area is 90.6 Å². The lowest BCUT2D eigenvalue weighted by Crippen LogP contribution is -2.01. The molecule has 1 aromatic heterocycles. The smallest absolute Gasteiger partial charge is 0.0956 e. The van der Waals surface area contributed by atoms with E-state index in [-0.39, 0.29) is 0 Å². The molecule has 2 heteroatoms. The van der Waals surface area contributed by atoms with Crippen molar-refractivity contribution in [2.45, 2.75) is 26.8 Å². The summed E-state index contributed by atoms with van der Waals surface area (Å²) in [6, 6.07) is 10.9. The van der Waals surface area contributed by atoms with Gasteiger partial charge in [0.25, 0.3) is 0 Å². The molecule has 0 bridgehead atoms. The molecule has 0 amide bonds. The van der Waals surface area contributed by atoms with Gasteiger partial charge in [-0.3, -0.25) is 0 Å². The van der Waals surface area contributed by atoms with Crippen LogP contribution in [0.5, 0.6) is 0 Å². The molecule has 0 N–H and O–H groups in total. The first-order chi connectivity index (χ1) is 7.20. The van der Waals surface area contributed by atoms with Crippen LogP contribution in [0.4, 0.5) is 0 Å². The number of aryl methyl sites for hydroxylation is 1. The van der Waals surface area contributed by atoms with Crippen LogP contribution in [0.2, 0.25) is 0 Å². The number of rotatable bonds is 2. The van der Waals surface area contributed by atoms with Crippen LogP contribution in [-0.2, 0) is 0 Å². The Morgan fingerprint density at radius 3 is 2.40 bits per heavy atom. The second kappa shape index (κ2) is 3.89. The molecule has 2 nitrogen and oxygen atoms in total. The molecule has 1 aromatic carbocycles. The lowest BCUT2D eigenvalue weighted by atomic mass is 10.1. The van der Waals surface area contributed by atoms with Gasteiger partial charge in [-0.2, -0.15) is 0 Å². The topological polar surface area (TPSA) is 17.8 Å². The summed E-state index contributed by atoms with van der Waals surface area (Å²) in [6.07, 6.45) is 1.92. The molecular formula is C13H16N2. The summed E-state index contributed by atoms with van der Waals surface area (Å²) in [4.78, 5) is 4.38. The highest BCUT2D eigenvalue weighted by Gasteiger charge is 2.10. The number of nitrogens with zero attached hydrogens (tertiary/aromatic N) is 2.